The average Bonchev–Trinajstić information content (AvgIpc) is 2.27. The molecule has 1 unspecified atom stereocenters. The van der Waals surface area contributed by atoms with Gasteiger partial charge < -0.3 is 5.11 Å². The van der Waals surface area contributed by atoms with Crippen LogP contribution in [-0.2, 0) is 14.8 Å². The third-order valence-electron chi connectivity index (χ3n) is 2.45. The zero-order valence-corrected chi connectivity index (χ0v) is 12.0. The fourth-order valence-corrected chi connectivity index (χ4v) is 3.26. The van der Waals surface area contributed by atoms with Crippen LogP contribution in [0.2, 0.25) is 5.02 Å². The lowest BCUT2D eigenvalue weighted by Gasteiger charge is -2.18. The largest absolute Gasteiger partial charge is 0.481 e. The van der Waals surface area contributed by atoms with Gasteiger partial charge in [-0.05, 0) is 18.1 Å². The zero-order chi connectivity index (χ0) is 14.5. The number of halogens is 1. The molecule has 5 nitrogen and oxygen atoms in total. The summed E-state index contributed by atoms with van der Waals surface area (Å²) in [5.74, 6) is -1.14. The Kier molecular flexibility index (Phi) is 5.78. The number of hydrogen-bond donors (Lipinski definition) is 2. The van der Waals surface area contributed by atoms with E-state index in [1.807, 2.05) is 0 Å². The molecule has 0 radical (unpaired) electrons. The monoisotopic (exact) mass is 305 g/mol. The van der Waals surface area contributed by atoms with Crippen molar-refractivity contribution in [2.45, 2.75) is 25.8 Å². The van der Waals surface area contributed by atoms with Crippen LogP contribution in [0.4, 0.5) is 0 Å². The Morgan fingerprint density at radius 3 is 2.58 bits per heavy atom. The second-order valence-electron chi connectivity index (χ2n) is 4.11. The Morgan fingerprint density at radius 2 is 2.05 bits per heavy atom. The first-order valence-corrected chi connectivity index (χ1v) is 7.85. The highest BCUT2D eigenvalue weighted by molar-refractivity contribution is 7.89. The topological polar surface area (TPSA) is 83.5 Å². The van der Waals surface area contributed by atoms with Gasteiger partial charge in [0.1, 0.15) is 0 Å². The van der Waals surface area contributed by atoms with Gasteiger partial charge in [0, 0.05) is 5.02 Å². The van der Waals surface area contributed by atoms with Gasteiger partial charge in [0.05, 0.1) is 18.2 Å². The van der Waals surface area contributed by atoms with E-state index in [0.29, 0.717) is 17.0 Å². The predicted molar refractivity (Wildman–Crippen MR) is 73.7 cm³/mol. The average molecular weight is 306 g/mol. The molecule has 7 heteroatoms. The molecule has 1 aromatic rings. The van der Waals surface area contributed by atoms with E-state index in [1.165, 1.54) is 0 Å². The quantitative estimate of drug-likeness (QED) is 0.809. The van der Waals surface area contributed by atoms with Crippen molar-refractivity contribution in [1.82, 2.24) is 4.72 Å². The number of aliphatic carboxylic acids is 1. The van der Waals surface area contributed by atoms with Gasteiger partial charge in [-0.25, -0.2) is 13.1 Å². The summed E-state index contributed by atoms with van der Waals surface area (Å²) >= 11 is 5.98. The lowest BCUT2D eigenvalue weighted by Crippen LogP contribution is -2.32. The summed E-state index contributed by atoms with van der Waals surface area (Å²) in [5.41, 5.74) is 0.464. The summed E-state index contributed by atoms with van der Waals surface area (Å²) in [7, 11) is -3.51. The Hall–Kier alpha value is -1.11. The highest BCUT2D eigenvalue weighted by atomic mass is 35.5. The highest BCUT2D eigenvalue weighted by Crippen LogP contribution is 2.25. The van der Waals surface area contributed by atoms with Crippen molar-refractivity contribution in [3.05, 3.63) is 34.9 Å². The van der Waals surface area contributed by atoms with Gasteiger partial charge in [0.15, 0.2) is 0 Å². The van der Waals surface area contributed by atoms with Gasteiger partial charge in [-0.1, -0.05) is 36.7 Å². The molecular weight excluding hydrogens is 290 g/mol. The Balaban J connectivity index is 3.03. The number of benzene rings is 1. The molecule has 1 aromatic carbocycles. The molecule has 1 atom stereocenters. The van der Waals surface area contributed by atoms with Gasteiger partial charge in [-0.3, -0.25) is 4.79 Å². The molecule has 0 amide bonds. The van der Waals surface area contributed by atoms with Gasteiger partial charge in [0.25, 0.3) is 0 Å². The summed E-state index contributed by atoms with van der Waals surface area (Å²) in [4.78, 5) is 10.9. The molecule has 0 aliphatic rings. The van der Waals surface area contributed by atoms with Gasteiger partial charge in [-0.15, -0.1) is 0 Å². The highest BCUT2D eigenvalue weighted by Gasteiger charge is 2.23. The van der Waals surface area contributed by atoms with Crippen LogP contribution < -0.4 is 4.72 Å². The van der Waals surface area contributed by atoms with Gasteiger partial charge >= 0.3 is 5.97 Å². The molecule has 1 rings (SSSR count). The molecule has 0 saturated carbocycles. The number of carboxylic acid groups (broad SMARTS) is 1. The normalized spacial score (nSPS) is 13.2. The van der Waals surface area contributed by atoms with Gasteiger partial charge in [0.2, 0.25) is 10.0 Å². The summed E-state index contributed by atoms with van der Waals surface area (Å²) in [5, 5.41) is 9.23. The van der Waals surface area contributed by atoms with E-state index in [-0.39, 0.29) is 12.2 Å². The summed E-state index contributed by atoms with van der Waals surface area (Å²) in [6, 6.07) is 5.74. The van der Waals surface area contributed by atoms with E-state index in [0.717, 1.165) is 0 Å². The van der Waals surface area contributed by atoms with Crippen LogP contribution in [0.3, 0.4) is 0 Å². The zero-order valence-electron chi connectivity index (χ0n) is 10.5. The van der Waals surface area contributed by atoms with E-state index in [9.17, 15) is 13.2 Å². The van der Waals surface area contributed by atoms with E-state index in [4.69, 9.17) is 16.7 Å². The number of hydrogen-bond acceptors (Lipinski definition) is 3. The molecule has 0 aromatic heterocycles. The third-order valence-corrected chi connectivity index (χ3v) is 4.39. The lowest BCUT2D eigenvalue weighted by atomic mass is 10.1. The fraction of sp³-hybridized carbons (Fsp3) is 0.417. The smallest absolute Gasteiger partial charge is 0.305 e. The lowest BCUT2D eigenvalue weighted by molar-refractivity contribution is -0.137. The third kappa shape index (κ3) is 5.18. The van der Waals surface area contributed by atoms with Crippen LogP contribution >= 0.6 is 11.6 Å². The molecular formula is C12H16ClNO4S. The molecule has 0 saturated heterocycles. The van der Waals surface area contributed by atoms with Crippen molar-refractivity contribution in [1.29, 1.82) is 0 Å². The van der Waals surface area contributed by atoms with Crippen molar-refractivity contribution >= 4 is 27.6 Å². The van der Waals surface area contributed by atoms with Crippen LogP contribution in [0.15, 0.2) is 24.3 Å². The van der Waals surface area contributed by atoms with E-state index in [2.05, 4.69) is 4.72 Å². The molecule has 0 bridgehead atoms. The van der Waals surface area contributed by atoms with E-state index >= 15 is 0 Å². The standard InChI is InChI=1S/C12H16ClNO4S/c1-2-7-19(17,18)14-11(8-12(15)16)9-5-3-4-6-10(9)13/h3-6,11,14H,2,7-8H2,1H3,(H,15,16). The Labute approximate surface area is 117 Å². The molecule has 0 spiro atoms. The summed E-state index contributed by atoms with van der Waals surface area (Å²) in [6.07, 6.45) is 0.102. The predicted octanol–water partition coefficient (Wildman–Crippen LogP) is 2.19. The fourth-order valence-electron chi connectivity index (χ4n) is 1.69. The molecule has 0 heterocycles. The number of sulfonamides is 1. The molecule has 0 aliphatic carbocycles. The molecule has 0 aliphatic heterocycles. The van der Waals surface area contributed by atoms with Crippen molar-refractivity contribution in [3.63, 3.8) is 0 Å². The van der Waals surface area contributed by atoms with Crippen molar-refractivity contribution in [3.8, 4) is 0 Å². The number of carboxylic acids is 1. The van der Waals surface area contributed by atoms with E-state index < -0.39 is 22.0 Å². The second-order valence-corrected chi connectivity index (χ2v) is 6.39. The molecule has 2 N–H and O–H groups in total. The van der Waals surface area contributed by atoms with Crippen LogP contribution in [0.25, 0.3) is 0 Å². The minimum absolute atomic E-state index is 0.0480. The maximum Gasteiger partial charge on any atom is 0.305 e. The molecule has 0 fully saturated rings. The van der Waals surface area contributed by atoms with E-state index in [1.54, 1.807) is 31.2 Å². The molecule has 19 heavy (non-hydrogen) atoms. The number of carbonyl (C=O) groups is 1. The van der Waals surface area contributed by atoms with Crippen LogP contribution in [0.1, 0.15) is 31.4 Å². The summed E-state index contributed by atoms with van der Waals surface area (Å²) < 4.78 is 25.9. The second kappa shape index (κ2) is 6.88. The first kappa shape index (κ1) is 15.9. The first-order valence-electron chi connectivity index (χ1n) is 5.82. The van der Waals surface area contributed by atoms with Crippen LogP contribution in [-0.4, -0.2) is 25.2 Å². The number of rotatable bonds is 7. The van der Waals surface area contributed by atoms with Crippen molar-refractivity contribution in [2.24, 2.45) is 0 Å². The Morgan fingerprint density at radius 1 is 1.42 bits per heavy atom. The molecule has 106 valence electrons. The van der Waals surface area contributed by atoms with Crippen molar-refractivity contribution < 1.29 is 18.3 Å². The summed E-state index contributed by atoms with van der Waals surface area (Å²) in [6.45, 7) is 1.74. The van der Waals surface area contributed by atoms with Crippen molar-refractivity contribution in [2.75, 3.05) is 5.75 Å². The SMILES string of the molecule is CCCS(=O)(=O)NC(CC(=O)O)c1ccccc1Cl. The van der Waals surface area contributed by atoms with Crippen LogP contribution in [0.5, 0.6) is 0 Å². The minimum atomic E-state index is -3.51. The van der Waals surface area contributed by atoms with Crippen LogP contribution in [0, 0.1) is 0 Å². The first-order chi connectivity index (χ1) is 8.85. The van der Waals surface area contributed by atoms with Gasteiger partial charge in [-0.2, -0.15) is 0 Å². The number of nitrogens with one attached hydrogen (secondary N) is 1. The Bertz CT molecular complexity index is 544. The maximum atomic E-state index is 11.8. The maximum absolute atomic E-state index is 11.8. The minimum Gasteiger partial charge on any atom is -0.481 e.